The zero-order valence-corrected chi connectivity index (χ0v) is 15.1. The van der Waals surface area contributed by atoms with Gasteiger partial charge in [0.15, 0.2) is 0 Å². The van der Waals surface area contributed by atoms with Crippen LogP contribution in [0.3, 0.4) is 0 Å². The minimum Gasteiger partial charge on any atom is -0.480 e. The van der Waals surface area contributed by atoms with Crippen LogP contribution in [0.15, 0.2) is 0 Å². The molecule has 10 heteroatoms. The van der Waals surface area contributed by atoms with Crippen LogP contribution in [-0.4, -0.2) is 51.8 Å². The third kappa shape index (κ3) is 17.8. The number of rotatable bonds is 8. The predicted molar refractivity (Wildman–Crippen MR) is 92.9 cm³/mol. The Morgan fingerprint density at radius 1 is 0.952 bits per heavy atom. The Labute approximate surface area is 146 Å². The van der Waals surface area contributed by atoms with Gasteiger partial charge in [0.25, 0.3) is 0 Å². The van der Waals surface area contributed by atoms with Crippen molar-refractivity contribution in [2.45, 2.75) is 23.8 Å². The number of esters is 2. The zero-order valence-electron chi connectivity index (χ0n) is 11.5. The summed E-state index contributed by atoms with van der Waals surface area (Å²) in [5.41, 5.74) is 0. The maximum atomic E-state index is 10.8. The first-order chi connectivity index (χ1) is 9.65. The summed E-state index contributed by atoms with van der Waals surface area (Å²) in [6, 6.07) is 0. The van der Waals surface area contributed by atoms with E-state index in [2.05, 4.69) is 50.5 Å². The second-order valence-corrected chi connectivity index (χ2v) is 6.75. The molecule has 0 spiro atoms. The number of thiol groups is 4. The third-order valence-electron chi connectivity index (χ3n) is 1.65. The quantitative estimate of drug-likeness (QED) is 0.190. The average Bonchev–Trinajstić information content (AvgIpc) is 2.35. The Kier molecular flexibility index (Phi) is 14.8. The highest BCUT2D eigenvalue weighted by Crippen LogP contribution is 2.16. The van der Waals surface area contributed by atoms with Gasteiger partial charge in [-0.2, -0.15) is 50.5 Å². The highest BCUT2D eigenvalue weighted by Gasteiger charge is 2.21. The molecule has 0 aliphatic carbocycles. The van der Waals surface area contributed by atoms with E-state index in [4.69, 9.17) is 14.6 Å². The molecule has 0 aromatic heterocycles. The summed E-state index contributed by atoms with van der Waals surface area (Å²) in [6.45, 7) is 1.59. The molecular weight excluding hydrogens is 356 g/mol. The summed E-state index contributed by atoms with van der Waals surface area (Å²) in [7, 11) is 0. The number of hydrogen-bond donors (Lipinski definition) is 5. The van der Waals surface area contributed by atoms with E-state index in [0.29, 0.717) is 11.5 Å². The fraction of sp³-hybridized carbons (Fsp3) is 0.727. The second-order valence-electron chi connectivity index (χ2n) is 3.71. The normalized spacial score (nSPS) is 10.1. The van der Waals surface area contributed by atoms with Crippen molar-refractivity contribution in [1.82, 2.24) is 0 Å². The molecule has 0 radical (unpaired) electrons. The van der Waals surface area contributed by atoms with Gasteiger partial charge in [0, 0.05) is 11.5 Å². The van der Waals surface area contributed by atoms with Crippen molar-refractivity contribution in [1.29, 1.82) is 0 Å². The lowest BCUT2D eigenvalue weighted by Gasteiger charge is -2.06. The van der Waals surface area contributed by atoms with Gasteiger partial charge in [0.1, 0.15) is 17.3 Å². The van der Waals surface area contributed by atoms with Gasteiger partial charge in [-0.15, -0.1) is 0 Å². The van der Waals surface area contributed by atoms with Gasteiger partial charge in [-0.1, -0.05) is 0 Å². The molecule has 0 bridgehead atoms. The van der Waals surface area contributed by atoms with Gasteiger partial charge in [-0.3, -0.25) is 9.59 Å². The molecule has 0 saturated carbocycles. The van der Waals surface area contributed by atoms with Gasteiger partial charge >= 0.3 is 17.9 Å². The van der Waals surface area contributed by atoms with Gasteiger partial charge in [-0.05, 0) is 6.92 Å². The van der Waals surface area contributed by atoms with E-state index in [1.165, 1.54) is 6.92 Å². The van der Waals surface area contributed by atoms with Crippen LogP contribution >= 0.6 is 50.5 Å². The summed E-state index contributed by atoms with van der Waals surface area (Å²) < 4.78 is 8.26. The van der Waals surface area contributed by atoms with Crippen LogP contribution in [0, 0.1) is 0 Å². The Morgan fingerprint density at radius 2 is 1.24 bits per heavy atom. The van der Waals surface area contributed by atoms with Crippen molar-refractivity contribution in [2.24, 2.45) is 0 Å². The minimum atomic E-state index is -1.19. The molecule has 0 heterocycles. The van der Waals surface area contributed by atoms with Gasteiger partial charge in [0.05, 0.1) is 12.8 Å². The molecule has 0 aromatic carbocycles. The molecule has 6 nitrogen and oxygen atoms in total. The van der Waals surface area contributed by atoms with Crippen LogP contribution in [0.4, 0.5) is 0 Å². The van der Waals surface area contributed by atoms with Crippen molar-refractivity contribution in [3.05, 3.63) is 0 Å². The topological polar surface area (TPSA) is 89.9 Å². The molecule has 0 unspecified atom stereocenters. The molecule has 0 saturated heterocycles. The van der Waals surface area contributed by atoms with Crippen molar-refractivity contribution in [2.75, 3.05) is 24.7 Å². The minimum absolute atomic E-state index is 0.102. The molecule has 0 amide bonds. The van der Waals surface area contributed by atoms with Crippen LogP contribution in [0.5, 0.6) is 0 Å². The van der Waals surface area contributed by atoms with E-state index >= 15 is 0 Å². The molecule has 124 valence electrons. The van der Waals surface area contributed by atoms with Crippen molar-refractivity contribution in [3.63, 3.8) is 0 Å². The van der Waals surface area contributed by atoms with E-state index < -0.39 is 10.0 Å². The number of ether oxygens (including phenoxy) is 2. The Hall–Kier alpha value is -0.190. The molecule has 1 N–H and O–H groups in total. The van der Waals surface area contributed by atoms with E-state index in [1.807, 2.05) is 0 Å². The Bertz CT molecular complexity index is 309. The van der Waals surface area contributed by atoms with Gasteiger partial charge in [0.2, 0.25) is 0 Å². The molecule has 21 heavy (non-hydrogen) atoms. The maximum absolute atomic E-state index is 10.8. The third-order valence-corrected chi connectivity index (χ3v) is 2.48. The summed E-state index contributed by atoms with van der Waals surface area (Å²) in [5.74, 6) is -0.772. The number of carboxylic acid groups (broad SMARTS) is 1. The summed E-state index contributed by atoms with van der Waals surface area (Å²) >= 11 is 15.0. The van der Waals surface area contributed by atoms with Crippen molar-refractivity contribution < 1.29 is 29.0 Å². The smallest absolute Gasteiger partial charge is 0.329 e. The predicted octanol–water partition coefficient (Wildman–Crippen LogP) is 1.36. The van der Waals surface area contributed by atoms with Crippen molar-refractivity contribution >= 4 is 68.4 Å². The lowest BCUT2D eigenvalue weighted by Crippen LogP contribution is -2.20. The zero-order chi connectivity index (χ0) is 16.9. The first-order valence-corrected chi connectivity index (χ1v) is 8.02. The van der Waals surface area contributed by atoms with Crippen LogP contribution in [0.2, 0.25) is 0 Å². The Morgan fingerprint density at radius 3 is 1.43 bits per heavy atom. The molecule has 0 rings (SSSR count). The molecule has 0 atom stereocenters. The summed E-state index contributed by atoms with van der Waals surface area (Å²) in [4.78, 5) is 31.4. The first-order valence-electron chi connectivity index (χ1n) is 5.86. The van der Waals surface area contributed by atoms with Crippen LogP contribution in [0.25, 0.3) is 0 Å². The SMILES string of the molecule is CC(S)(S)C(=O)O.O=C(CCS)OCCOC(=O)CCS. The van der Waals surface area contributed by atoms with Gasteiger partial charge in [-0.25, -0.2) is 4.79 Å². The largest absolute Gasteiger partial charge is 0.480 e. The number of carbonyl (C=O) groups excluding carboxylic acids is 2. The van der Waals surface area contributed by atoms with Gasteiger partial charge < -0.3 is 14.6 Å². The molecule has 0 aliphatic rings. The Balaban J connectivity index is 0. The monoisotopic (exact) mass is 376 g/mol. The fourth-order valence-electron chi connectivity index (χ4n) is 0.638. The van der Waals surface area contributed by atoms with Crippen LogP contribution < -0.4 is 0 Å². The number of hydrogen-bond acceptors (Lipinski definition) is 9. The highest BCUT2D eigenvalue weighted by molar-refractivity contribution is 8.01. The second kappa shape index (κ2) is 13.5. The molecular formula is C11H20O6S4. The van der Waals surface area contributed by atoms with Crippen LogP contribution in [-0.2, 0) is 23.9 Å². The fourth-order valence-corrected chi connectivity index (χ4v) is 1.00. The van der Waals surface area contributed by atoms with Crippen molar-refractivity contribution in [3.8, 4) is 0 Å². The van der Waals surface area contributed by atoms with E-state index in [9.17, 15) is 14.4 Å². The van der Waals surface area contributed by atoms with Crippen LogP contribution in [0.1, 0.15) is 19.8 Å². The lowest BCUT2D eigenvalue weighted by atomic mass is 10.5. The number of aliphatic carboxylic acids is 1. The maximum Gasteiger partial charge on any atom is 0.329 e. The molecule has 0 aliphatic heterocycles. The molecule has 0 fully saturated rings. The number of carbonyl (C=O) groups is 3. The lowest BCUT2D eigenvalue weighted by molar-refractivity contribution is -0.151. The highest BCUT2D eigenvalue weighted by atomic mass is 32.2. The number of carboxylic acids is 1. The summed E-state index contributed by atoms with van der Waals surface area (Å²) in [5, 5.41) is 8.10. The van der Waals surface area contributed by atoms with E-state index in [-0.39, 0.29) is 38.0 Å². The van der Waals surface area contributed by atoms with E-state index in [0.717, 1.165) is 0 Å². The summed E-state index contributed by atoms with van der Waals surface area (Å²) in [6.07, 6.45) is 0.543. The standard InChI is InChI=1S/C8H14O4S2.C3H6O2S2/c9-7(1-5-13)11-3-4-12-8(10)2-6-14;1-3(6,7)2(4)5/h13-14H,1-6H2;6-7H,1H3,(H,4,5). The first kappa shape index (κ1) is 23.1. The molecule has 0 aromatic rings. The van der Waals surface area contributed by atoms with E-state index in [1.54, 1.807) is 0 Å². The average molecular weight is 377 g/mol.